The number of methoxy groups -OCH3 is 1. The summed E-state index contributed by atoms with van der Waals surface area (Å²) in [5, 5.41) is 4.12. The molecule has 0 aliphatic heterocycles. The zero-order chi connectivity index (χ0) is 20.8. The van der Waals surface area contributed by atoms with Crippen LogP contribution >= 0.6 is 0 Å². The average Bonchev–Trinajstić information content (AvgIpc) is 3.26. The van der Waals surface area contributed by atoms with Crippen LogP contribution in [0.25, 0.3) is 5.69 Å². The van der Waals surface area contributed by atoms with E-state index < -0.39 is 6.61 Å². The van der Waals surface area contributed by atoms with Crippen molar-refractivity contribution >= 4 is 11.6 Å². The van der Waals surface area contributed by atoms with Gasteiger partial charge in [-0.25, -0.2) is 5.43 Å². The van der Waals surface area contributed by atoms with Gasteiger partial charge in [-0.05, 0) is 49.4 Å². The van der Waals surface area contributed by atoms with Crippen LogP contribution in [0.2, 0.25) is 0 Å². The molecule has 1 N–H and O–H groups in total. The molecule has 150 valence electrons. The van der Waals surface area contributed by atoms with Crippen molar-refractivity contribution in [2.24, 2.45) is 5.10 Å². The first-order valence-corrected chi connectivity index (χ1v) is 8.70. The first-order chi connectivity index (χ1) is 14.0. The fourth-order valence-electron chi connectivity index (χ4n) is 2.73. The van der Waals surface area contributed by atoms with Crippen LogP contribution in [0.4, 0.5) is 8.78 Å². The van der Waals surface area contributed by atoms with Crippen molar-refractivity contribution in [3.05, 3.63) is 78.1 Å². The van der Waals surface area contributed by atoms with Crippen molar-refractivity contribution in [1.82, 2.24) is 9.99 Å². The molecule has 6 nitrogen and oxygen atoms in total. The number of hydrogen-bond donors (Lipinski definition) is 1. The van der Waals surface area contributed by atoms with E-state index in [1.54, 1.807) is 25.1 Å². The number of para-hydroxylation sites is 1. The highest BCUT2D eigenvalue weighted by Gasteiger charge is 2.14. The molecule has 3 rings (SSSR count). The maximum absolute atomic E-state index is 12.6. The molecule has 0 radical (unpaired) electrons. The zero-order valence-electron chi connectivity index (χ0n) is 15.8. The highest BCUT2D eigenvalue weighted by atomic mass is 19.3. The summed E-state index contributed by atoms with van der Waals surface area (Å²) in [5.74, 6) is -0.316. The van der Waals surface area contributed by atoms with Crippen LogP contribution in [0, 0.1) is 0 Å². The van der Waals surface area contributed by atoms with E-state index >= 15 is 0 Å². The molecule has 1 heterocycles. The Hall–Kier alpha value is -3.68. The Morgan fingerprint density at radius 2 is 1.79 bits per heavy atom. The quantitative estimate of drug-likeness (QED) is 0.477. The molecule has 0 aliphatic carbocycles. The van der Waals surface area contributed by atoms with Crippen LogP contribution in [0.15, 0.2) is 72.1 Å². The predicted molar refractivity (Wildman–Crippen MR) is 105 cm³/mol. The van der Waals surface area contributed by atoms with Gasteiger partial charge in [0.15, 0.2) is 11.5 Å². The number of hydrogen-bond acceptors (Lipinski definition) is 4. The lowest BCUT2D eigenvalue weighted by Gasteiger charge is -2.12. The number of amides is 1. The molecule has 0 fully saturated rings. The summed E-state index contributed by atoms with van der Waals surface area (Å²) in [6.07, 6.45) is 3.69. The molecule has 0 saturated carbocycles. The van der Waals surface area contributed by atoms with E-state index in [9.17, 15) is 13.6 Å². The third-order valence-electron chi connectivity index (χ3n) is 4.15. The number of hydrazone groups is 1. The van der Waals surface area contributed by atoms with Gasteiger partial charge >= 0.3 is 6.61 Å². The third-order valence-corrected chi connectivity index (χ3v) is 4.15. The summed E-state index contributed by atoms with van der Waals surface area (Å²) in [6.45, 7) is -1.27. The molecule has 0 unspecified atom stereocenters. The highest BCUT2D eigenvalue weighted by Crippen LogP contribution is 2.29. The van der Waals surface area contributed by atoms with Gasteiger partial charge < -0.3 is 14.0 Å². The summed E-state index contributed by atoms with van der Waals surface area (Å²) < 4.78 is 36.2. The van der Waals surface area contributed by atoms with Crippen molar-refractivity contribution in [3.8, 4) is 17.2 Å². The predicted octanol–water partition coefficient (Wildman–Crippen LogP) is 4.24. The zero-order valence-corrected chi connectivity index (χ0v) is 15.8. The number of rotatable bonds is 7. The van der Waals surface area contributed by atoms with Gasteiger partial charge in [0.1, 0.15) is 0 Å². The molecule has 1 aromatic heterocycles. The first kappa shape index (κ1) is 20.1. The third kappa shape index (κ3) is 4.78. The van der Waals surface area contributed by atoms with Crippen LogP contribution < -0.4 is 14.9 Å². The van der Waals surface area contributed by atoms with Gasteiger partial charge in [-0.3, -0.25) is 4.79 Å². The van der Waals surface area contributed by atoms with Crippen LogP contribution in [0.3, 0.4) is 0 Å². The van der Waals surface area contributed by atoms with Crippen molar-refractivity contribution in [2.45, 2.75) is 13.5 Å². The maximum Gasteiger partial charge on any atom is 0.387 e. The van der Waals surface area contributed by atoms with E-state index in [2.05, 4.69) is 15.3 Å². The van der Waals surface area contributed by atoms with E-state index in [1.807, 2.05) is 41.2 Å². The summed E-state index contributed by atoms with van der Waals surface area (Å²) in [7, 11) is 1.35. The number of halogens is 2. The lowest BCUT2D eigenvalue weighted by atomic mass is 10.1. The summed E-state index contributed by atoms with van der Waals surface area (Å²) in [4.78, 5) is 12.6. The molecule has 1 amide bonds. The van der Waals surface area contributed by atoms with Crippen molar-refractivity contribution in [3.63, 3.8) is 0 Å². The molecular formula is C21H19F2N3O3. The minimum atomic E-state index is -2.95. The minimum Gasteiger partial charge on any atom is -0.493 e. The molecule has 0 saturated heterocycles. The summed E-state index contributed by atoms with van der Waals surface area (Å²) in [5.41, 5.74) is 4.76. The number of nitrogens with zero attached hydrogens (tertiary/aromatic N) is 2. The Bertz CT molecular complexity index is 1020. The Balaban J connectivity index is 1.79. The maximum atomic E-state index is 12.6. The van der Waals surface area contributed by atoms with Crippen LogP contribution in [0.1, 0.15) is 22.8 Å². The second-order valence-corrected chi connectivity index (χ2v) is 5.99. The van der Waals surface area contributed by atoms with E-state index in [1.165, 1.54) is 19.2 Å². The fraction of sp³-hybridized carbons (Fsp3) is 0.143. The van der Waals surface area contributed by atoms with E-state index in [4.69, 9.17) is 4.74 Å². The minimum absolute atomic E-state index is 0.0799. The van der Waals surface area contributed by atoms with Gasteiger partial charge in [0.25, 0.3) is 5.91 Å². The number of carbonyl (C=O) groups excluding carboxylic acids is 1. The second kappa shape index (κ2) is 9.01. The van der Waals surface area contributed by atoms with Crippen molar-refractivity contribution in [2.75, 3.05) is 7.11 Å². The van der Waals surface area contributed by atoms with E-state index in [0.717, 1.165) is 5.69 Å². The average molecular weight is 399 g/mol. The van der Waals surface area contributed by atoms with Crippen molar-refractivity contribution in [1.29, 1.82) is 0 Å². The Kier molecular flexibility index (Phi) is 6.23. The van der Waals surface area contributed by atoms with Gasteiger partial charge in [0.2, 0.25) is 0 Å². The van der Waals surface area contributed by atoms with E-state index in [0.29, 0.717) is 16.8 Å². The standard InChI is InChI=1S/C21H19F2N3O3/c1-14(15-9-10-18(29-21(22)23)19(13-15)28-2)24-25-20(27)16-7-3-4-8-17(16)26-11-5-6-12-26/h3-13,21H,1-2H3,(H,25,27)/b24-14-. The van der Waals surface area contributed by atoms with Gasteiger partial charge in [0.05, 0.1) is 24.1 Å². The monoisotopic (exact) mass is 399 g/mol. The summed E-state index contributed by atoms with van der Waals surface area (Å²) in [6, 6.07) is 15.3. The lowest BCUT2D eigenvalue weighted by Crippen LogP contribution is -2.21. The first-order valence-electron chi connectivity index (χ1n) is 8.70. The molecule has 8 heteroatoms. The Morgan fingerprint density at radius 1 is 1.07 bits per heavy atom. The van der Waals surface area contributed by atoms with E-state index in [-0.39, 0.29) is 17.4 Å². The highest BCUT2D eigenvalue weighted by molar-refractivity contribution is 6.02. The second-order valence-electron chi connectivity index (χ2n) is 5.99. The number of alkyl halides is 2. The SMILES string of the molecule is COc1cc(/C(C)=N\NC(=O)c2ccccc2-n2cccc2)ccc1OC(F)F. The van der Waals surface area contributed by atoms with Crippen LogP contribution in [-0.2, 0) is 0 Å². The molecule has 2 aromatic carbocycles. The topological polar surface area (TPSA) is 64.8 Å². The normalized spacial score (nSPS) is 11.4. The number of carbonyl (C=O) groups is 1. The number of nitrogens with one attached hydrogen (secondary N) is 1. The molecule has 29 heavy (non-hydrogen) atoms. The summed E-state index contributed by atoms with van der Waals surface area (Å²) >= 11 is 0. The smallest absolute Gasteiger partial charge is 0.387 e. The Labute approximate surface area is 166 Å². The van der Waals surface area contributed by atoms with Crippen molar-refractivity contribution < 1.29 is 23.0 Å². The molecular weight excluding hydrogens is 380 g/mol. The molecule has 0 bridgehead atoms. The Morgan fingerprint density at radius 3 is 2.48 bits per heavy atom. The largest absolute Gasteiger partial charge is 0.493 e. The fourth-order valence-corrected chi connectivity index (χ4v) is 2.73. The number of benzene rings is 2. The molecule has 0 aliphatic rings. The molecule has 3 aromatic rings. The van der Waals surface area contributed by atoms with Crippen LogP contribution in [-0.4, -0.2) is 29.9 Å². The van der Waals surface area contributed by atoms with Gasteiger partial charge in [0, 0.05) is 18.0 Å². The number of ether oxygens (including phenoxy) is 2. The van der Waals surface area contributed by atoms with Crippen LogP contribution in [0.5, 0.6) is 11.5 Å². The number of aromatic nitrogens is 1. The van der Waals surface area contributed by atoms with Gasteiger partial charge in [-0.15, -0.1) is 0 Å². The molecule has 0 atom stereocenters. The lowest BCUT2D eigenvalue weighted by molar-refractivity contribution is -0.0512. The van der Waals surface area contributed by atoms with Gasteiger partial charge in [-0.2, -0.15) is 13.9 Å². The molecule has 0 spiro atoms. The van der Waals surface area contributed by atoms with Gasteiger partial charge in [-0.1, -0.05) is 12.1 Å².